The van der Waals surface area contributed by atoms with E-state index in [-0.39, 0.29) is 11.9 Å². The topological polar surface area (TPSA) is 88.1 Å². The lowest BCUT2D eigenvalue weighted by molar-refractivity contribution is 0.0918. The minimum atomic E-state index is -0.167. The number of H-pyrrole nitrogens is 1. The fourth-order valence-corrected chi connectivity index (χ4v) is 4.60. The summed E-state index contributed by atoms with van der Waals surface area (Å²) in [5.74, 6) is 0.684. The summed E-state index contributed by atoms with van der Waals surface area (Å²) in [6.45, 7) is 6.49. The Bertz CT molecular complexity index is 1080. The average Bonchev–Trinajstić information content (AvgIpc) is 3.39. The van der Waals surface area contributed by atoms with Crippen molar-refractivity contribution in [3.8, 4) is 17.0 Å². The highest BCUT2D eigenvalue weighted by molar-refractivity contribution is 5.93. The van der Waals surface area contributed by atoms with Gasteiger partial charge in [-0.2, -0.15) is 10.2 Å². The third-order valence-electron chi connectivity index (χ3n) is 6.37. The number of aromatic amines is 1. The molecular weight excluding hydrogens is 404 g/mol. The summed E-state index contributed by atoms with van der Waals surface area (Å²) < 4.78 is 7.45. The first-order valence-electron chi connectivity index (χ1n) is 11.2. The molecule has 1 aliphatic heterocycles. The molecule has 1 saturated heterocycles. The van der Waals surface area contributed by atoms with Crippen molar-refractivity contribution >= 4 is 5.91 Å². The molecule has 0 radical (unpaired) electrons. The highest BCUT2D eigenvalue weighted by Crippen LogP contribution is 2.31. The molecule has 8 nitrogen and oxygen atoms in total. The Balaban J connectivity index is 1.52. The third-order valence-corrected chi connectivity index (χ3v) is 6.37. The summed E-state index contributed by atoms with van der Waals surface area (Å²) in [4.78, 5) is 15.4. The number of nitrogens with zero attached hydrogens (tertiary/aromatic N) is 4. The molecule has 3 heterocycles. The Hall–Kier alpha value is -3.13. The van der Waals surface area contributed by atoms with Crippen LogP contribution in [0.1, 0.15) is 52.7 Å². The van der Waals surface area contributed by atoms with E-state index in [0.717, 1.165) is 47.0 Å². The van der Waals surface area contributed by atoms with Crippen LogP contribution in [0.5, 0.6) is 5.75 Å². The number of methoxy groups -OCH3 is 1. The number of ether oxygens (including phenoxy) is 1. The Morgan fingerprint density at radius 2 is 1.97 bits per heavy atom. The van der Waals surface area contributed by atoms with Gasteiger partial charge in [-0.3, -0.25) is 19.5 Å². The van der Waals surface area contributed by atoms with E-state index < -0.39 is 0 Å². The van der Waals surface area contributed by atoms with Crippen LogP contribution in [-0.4, -0.2) is 57.5 Å². The Morgan fingerprint density at radius 3 is 2.66 bits per heavy atom. The normalized spacial score (nSPS) is 15.5. The molecule has 32 heavy (non-hydrogen) atoms. The Kier molecular flexibility index (Phi) is 6.60. The summed E-state index contributed by atoms with van der Waals surface area (Å²) in [5, 5.41) is 14.8. The number of likely N-dealkylation sites (tertiary alicyclic amines) is 1. The maximum atomic E-state index is 13.0. The summed E-state index contributed by atoms with van der Waals surface area (Å²) in [5.41, 5.74) is 5.15. The highest BCUT2D eigenvalue weighted by atomic mass is 16.5. The SMILES string of the molecule is COc1ccccc1C(CNC(=O)c1cc(-c2c(C)nn(C)c2C)n[nH]1)N1CCCCC1. The lowest BCUT2D eigenvalue weighted by atomic mass is 10.0. The predicted octanol–water partition coefficient (Wildman–Crippen LogP) is 3.39. The van der Waals surface area contributed by atoms with Gasteiger partial charge in [-0.25, -0.2) is 0 Å². The molecule has 1 aliphatic rings. The summed E-state index contributed by atoms with van der Waals surface area (Å²) in [7, 11) is 3.60. The first-order chi connectivity index (χ1) is 15.5. The zero-order chi connectivity index (χ0) is 22.7. The van der Waals surface area contributed by atoms with Gasteiger partial charge in [0, 0.05) is 30.4 Å². The van der Waals surface area contributed by atoms with Crippen LogP contribution in [0.3, 0.4) is 0 Å². The molecule has 0 spiro atoms. The number of para-hydroxylation sites is 1. The van der Waals surface area contributed by atoms with Crippen molar-refractivity contribution in [2.24, 2.45) is 7.05 Å². The van der Waals surface area contributed by atoms with Crippen molar-refractivity contribution in [1.82, 2.24) is 30.2 Å². The predicted molar refractivity (Wildman–Crippen MR) is 124 cm³/mol. The number of carbonyl (C=O) groups is 1. The van der Waals surface area contributed by atoms with Crippen LogP contribution in [0.4, 0.5) is 0 Å². The van der Waals surface area contributed by atoms with E-state index in [1.807, 2.05) is 43.8 Å². The van der Waals surface area contributed by atoms with Gasteiger partial charge in [0.15, 0.2) is 0 Å². The van der Waals surface area contributed by atoms with Crippen LogP contribution >= 0.6 is 0 Å². The lowest BCUT2D eigenvalue weighted by Gasteiger charge is -2.35. The molecule has 8 heteroatoms. The molecule has 2 aromatic heterocycles. The van der Waals surface area contributed by atoms with Crippen LogP contribution < -0.4 is 10.1 Å². The largest absolute Gasteiger partial charge is 0.496 e. The number of hydrogen-bond acceptors (Lipinski definition) is 5. The van der Waals surface area contributed by atoms with Crippen molar-refractivity contribution in [3.05, 3.63) is 53.0 Å². The fourth-order valence-electron chi connectivity index (χ4n) is 4.60. The molecule has 2 N–H and O–H groups in total. The standard InChI is InChI=1S/C24H32N6O2/c1-16-23(17(2)29(3)28-16)19-14-20(27-26-19)24(31)25-15-21(30-12-8-5-9-13-30)18-10-6-7-11-22(18)32-4/h6-7,10-11,14,21H,5,8-9,12-13,15H2,1-4H3,(H,25,31)(H,26,27). The molecule has 1 aromatic carbocycles. The molecule has 0 saturated carbocycles. The van der Waals surface area contributed by atoms with Gasteiger partial charge in [0.25, 0.3) is 5.91 Å². The fraction of sp³-hybridized carbons (Fsp3) is 0.458. The van der Waals surface area contributed by atoms with Crippen molar-refractivity contribution in [2.75, 3.05) is 26.7 Å². The van der Waals surface area contributed by atoms with Gasteiger partial charge in [-0.05, 0) is 51.9 Å². The van der Waals surface area contributed by atoms with Gasteiger partial charge in [0.1, 0.15) is 11.4 Å². The number of aryl methyl sites for hydroxylation is 2. The van der Waals surface area contributed by atoms with E-state index in [1.165, 1.54) is 19.3 Å². The van der Waals surface area contributed by atoms with Crippen molar-refractivity contribution in [3.63, 3.8) is 0 Å². The van der Waals surface area contributed by atoms with Crippen LogP contribution in [0.25, 0.3) is 11.3 Å². The van der Waals surface area contributed by atoms with Crippen LogP contribution in [0, 0.1) is 13.8 Å². The van der Waals surface area contributed by atoms with E-state index in [9.17, 15) is 4.79 Å². The number of rotatable bonds is 7. The van der Waals surface area contributed by atoms with Gasteiger partial charge in [-0.1, -0.05) is 24.6 Å². The second-order valence-corrected chi connectivity index (χ2v) is 8.40. The van der Waals surface area contributed by atoms with E-state index >= 15 is 0 Å². The van der Waals surface area contributed by atoms with E-state index in [1.54, 1.807) is 13.2 Å². The van der Waals surface area contributed by atoms with Gasteiger partial charge < -0.3 is 10.1 Å². The van der Waals surface area contributed by atoms with Gasteiger partial charge >= 0.3 is 0 Å². The molecule has 1 atom stereocenters. The molecule has 1 amide bonds. The van der Waals surface area contributed by atoms with Gasteiger partial charge in [-0.15, -0.1) is 0 Å². The highest BCUT2D eigenvalue weighted by Gasteiger charge is 2.26. The van der Waals surface area contributed by atoms with Crippen molar-refractivity contribution in [2.45, 2.75) is 39.2 Å². The number of piperidine rings is 1. The number of amides is 1. The minimum absolute atomic E-state index is 0.0561. The summed E-state index contributed by atoms with van der Waals surface area (Å²) >= 11 is 0. The first-order valence-corrected chi connectivity index (χ1v) is 11.2. The maximum Gasteiger partial charge on any atom is 0.269 e. The smallest absolute Gasteiger partial charge is 0.269 e. The number of aromatic nitrogens is 4. The van der Waals surface area contributed by atoms with Gasteiger partial charge in [0.05, 0.1) is 24.5 Å². The molecule has 0 aliphatic carbocycles. The number of carbonyl (C=O) groups excluding carboxylic acids is 1. The summed E-state index contributed by atoms with van der Waals surface area (Å²) in [6, 6.07) is 9.92. The first kappa shape index (κ1) is 22.1. The monoisotopic (exact) mass is 436 g/mol. The molecule has 1 fully saturated rings. The van der Waals surface area contributed by atoms with Crippen LogP contribution in [-0.2, 0) is 7.05 Å². The Morgan fingerprint density at radius 1 is 1.22 bits per heavy atom. The average molecular weight is 437 g/mol. The molecule has 3 aromatic rings. The third kappa shape index (κ3) is 4.41. The van der Waals surface area contributed by atoms with Gasteiger partial charge in [0.2, 0.25) is 0 Å². The zero-order valence-corrected chi connectivity index (χ0v) is 19.3. The quantitative estimate of drug-likeness (QED) is 0.593. The summed E-state index contributed by atoms with van der Waals surface area (Å²) in [6.07, 6.45) is 3.60. The molecule has 4 rings (SSSR count). The van der Waals surface area contributed by atoms with E-state index in [4.69, 9.17) is 4.74 Å². The van der Waals surface area contributed by atoms with Crippen LogP contribution in [0.15, 0.2) is 30.3 Å². The maximum absolute atomic E-state index is 13.0. The number of benzene rings is 1. The minimum Gasteiger partial charge on any atom is -0.496 e. The Labute approximate surface area is 189 Å². The van der Waals surface area contributed by atoms with E-state index in [2.05, 4.69) is 31.6 Å². The van der Waals surface area contributed by atoms with Crippen LogP contribution in [0.2, 0.25) is 0 Å². The lowest BCUT2D eigenvalue weighted by Crippen LogP contribution is -2.40. The number of hydrogen-bond donors (Lipinski definition) is 2. The molecular formula is C24H32N6O2. The van der Waals surface area contributed by atoms with Crippen molar-refractivity contribution < 1.29 is 9.53 Å². The van der Waals surface area contributed by atoms with E-state index in [0.29, 0.717) is 12.2 Å². The molecule has 1 unspecified atom stereocenters. The second-order valence-electron chi connectivity index (χ2n) is 8.40. The molecule has 0 bridgehead atoms. The molecule has 170 valence electrons. The number of nitrogens with one attached hydrogen (secondary N) is 2. The second kappa shape index (κ2) is 9.56. The zero-order valence-electron chi connectivity index (χ0n) is 19.3. The van der Waals surface area contributed by atoms with Crippen molar-refractivity contribution in [1.29, 1.82) is 0 Å².